The second-order valence-electron chi connectivity index (χ2n) is 5.83. The number of hydrogen-bond acceptors (Lipinski definition) is 10. The Morgan fingerprint density at radius 3 is 1.86 bits per heavy atom. The summed E-state index contributed by atoms with van der Waals surface area (Å²) in [6.07, 6.45) is -4.98. The van der Waals surface area contributed by atoms with Crippen LogP contribution in [0.25, 0.3) is 0 Å². The van der Waals surface area contributed by atoms with Gasteiger partial charge in [0.2, 0.25) is 12.2 Å². The van der Waals surface area contributed by atoms with Crippen LogP contribution in [0.3, 0.4) is 0 Å². The lowest BCUT2D eigenvalue weighted by atomic mass is 9.96. The molecule has 0 aromatic heterocycles. The van der Waals surface area contributed by atoms with Gasteiger partial charge in [0.25, 0.3) is 0 Å². The van der Waals surface area contributed by atoms with Crippen molar-refractivity contribution in [1.82, 2.24) is 5.32 Å². The first-order valence-electron chi connectivity index (χ1n) is 8.21. The molecular formula is C16H22INO10. The number of amides is 1. The summed E-state index contributed by atoms with van der Waals surface area (Å²) in [5.74, 6) is -3.26. The summed E-state index contributed by atoms with van der Waals surface area (Å²) < 4.78 is 26.2. The molecule has 12 heteroatoms. The van der Waals surface area contributed by atoms with Crippen LogP contribution < -0.4 is 5.32 Å². The summed E-state index contributed by atoms with van der Waals surface area (Å²) in [7, 11) is 0. The van der Waals surface area contributed by atoms with Gasteiger partial charge >= 0.3 is 23.9 Å². The van der Waals surface area contributed by atoms with Crippen molar-refractivity contribution in [2.75, 3.05) is 11.0 Å². The fraction of sp³-hybridized carbons (Fsp3) is 0.688. The smallest absolute Gasteiger partial charge is 0.305 e. The van der Waals surface area contributed by atoms with Gasteiger partial charge in [-0.15, -0.1) is 0 Å². The van der Waals surface area contributed by atoms with Crippen LogP contribution >= 0.6 is 22.6 Å². The second-order valence-corrected chi connectivity index (χ2v) is 6.59. The van der Waals surface area contributed by atoms with Crippen molar-refractivity contribution in [3.05, 3.63) is 0 Å². The quantitative estimate of drug-likeness (QED) is 0.206. The molecule has 158 valence electrons. The molecule has 5 atom stereocenters. The molecule has 0 aromatic carbocycles. The van der Waals surface area contributed by atoms with Crippen LogP contribution in [0.5, 0.6) is 0 Å². The van der Waals surface area contributed by atoms with Crippen molar-refractivity contribution in [1.29, 1.82) is 0 Å². The number of rotatable bonds is 7. The molecule has 0 aromatic rings. The number of hydrogen-bond donors (Lipinski definition) is 1. The molecule has 1 aliphatic rings. The van der Waals surface area contributed by atoms with Crippen LogP contribution in [0.1, 0.15) is 27.7 Å². The topological polar surface area (TPSA) is 144 Å². The number of esters is 4. The van der Waals surface area contributed by atoms with Crippen LogP contribution in [-0.4, -0.2) is 71.5 Å². The Bertz CT molecular complexity index is 625. The van der Waals surface area contributed by atoms with Crippen LogP contribution in [0.4, 0.5) is 0 Å². The molecule has 0 radical (unpaired) electrons. The van der Waals surface area contributed by atoms with E-state index in [0.717, 1.165) is 20.8 Å². The molecule has 5 unspecified atom stereocenters. The molecule has 0 bridgehead atoms. The van der Waals surface area contributed by atoms with Crippen molar-refractivity contribution < 1.29 is 47.7 Å². The van der Waals surface area contributed by atoms with E-state index in [9.17, 15) is 24.0 Å². The summed E-state index contributed by atoms with van der Waals surface area (Å²) in [5.41, 5.74) is 0. The zero-order valence-corrected chi connectivity index (χ0v) is 17.9. The Kier molecular flexibility index (Phi) is 9.58. The standard InChI is InChI=1S/C16H22INO10/c1-7(19)24-6-11-14(25-8(2)20)15(26-9(3)21)13(18-12(23)5-17)16(28-11)27-10(4)22/h11,13-16H,5-6H2,1-4H3,(H,18,23). The molecule has 28 heavy (non-hydrogen) atoms. The third-order valence-corrected chi connectivity index (χ3v) is 4.13. The Balaban J connectivity index is 3.31. The highest BCUT2D eigenvalue weighted by Crippen LogP contribution is 2.28. The number of nitrogens with one attached hydrogen (secondary N) is 1. The van der Waals surface area contributed by atoms with Crippen LogP contribution in [-0.2, 0) is 47.7 Å². The minimum absolute atomic E-state index is 0.0585. The molecule has 0 aliphatic carbocycles. The number of alkyl halides is 1. The Morgan fingerprint density at radius 1 is 0.857 bits per heavy atom. The monoisotopic (exact) mass is 515 g/mol. The Morgan fingerprint density at radius 2 is 1.39 bits per heavy atom. The van der Waals surface area contributed by atoms with E-state index >= 15 is 0 Å². The summed E-state index contributed by atoms with van der Waals surface area (Å²) in [5, 5.41) is 2.54. The lowest BCUT2D eigenvalue weighted by Crippen LogP contribution is -2.67. The third-order valence-electron chi connectivity index (χ3n) is 3.43. The lowest BCUT2D eigenvalue weighted by molar-refractivity contribution is -0.270. The molecule has 0 saturated carbocycles. The molecule has 1 rings (SSSR count). The Hall–Kier alpha value is -1.96. The zero-order valence-electron chi connectivity index (χ0n) is 15.8. The predicted molar refractivity (Wildman–Crippen MR) is 99.0 cm³/mol. The third kappa shape index (κ3) is 7.58. The van der Waals surface area contributed by atoms with Gasteiger partial charge in [0.15, 0.2) is 12.2 Å². The molecular weight excluding hydrogens is 493 g/mol. The van der Waals surface area contributed by atoms with Gasteiger partial charge < -0.3 is 29.0 Å². The van der Waals surface area contributed by atoms with E-state index in [-0.39, 0.29) is 11.0 Å². The van der Waals surface area contributed by atoms with Gasteiger partial charge in [-0.1, -0.05) is 22.6 Å². The molecule has 1 aliphatic heterocycles. The van der Waals surface area contributed by atoms with Gasteiger partial charge in [0.05, 0.1) is 4.43 Å². The largest absolute Gasteiger partial charge is 0.463 e. The highest BCUT2D eigenvalue weighted by atomic mass is 127. The molecule has 1 saturated heterocycles. The van der Waals surface area contributed by atoms with E-state index in [1.807, 2.05) is 22.6 Å². The maximum Gasteiger partial charge on any atom is 0.305 e. The Labute approximate surface area is 174 Å². The van der Waals surface area contributed by atoms with Gasteiger partial charge in [0, 0.05) is 27.7 Å². The van der Waals surface area contributed by atoms with Gasteiger partial charge in [-0.2, -0.15) is 0 Å². The average Bonchev–Trinajstić information content (AvgIpc) is 2.56. The van der Waals surface area contributed by atoms with Gasteiger partial charge in [-0.25, -0.2) is 0 Å². The van der Waals surface area contributed by atoms with Gasteiger partial charge in [-0.05, 0) is 0 Å². The van der Waals surface area contributed by atoms with Crippen molar-refractivity contribution in [3.8, 4) is 0 Å². The van der Waals surface area contributed by atoms with Crippen molar-refractivity contribution in [2.45, 2.75) is 58.3 Å². The van der Waals surface area contributed by atoms with Gasteiger partial charge in [-0.3, -0.25) is 24.0 Å². The maximum absolute atomic E-state index is 11.9. The first-order valence-corrected chi connectivity index (χ1v) is 9.73. The zero-order chi connectivity index (χ0) is 21.4. The summed E-state index contributed by atoms with van der Waals surface area (Å²) in [6, 6.07) is -1.16. The summed E-state index contributed by atoms with van der Waals surface area (Å²) >= 11 is 1.81. The first-order chi connectivity index (χ1) is 13.0. The van der Waals surface area contributed by atoms with Crippen LogP contribution in [0.15, 0.2) is 0 Å². The minimum Gasteiger partial charge on any atom is -0.463 e. The molecule has 1 N–H and O–H groups in total. The van der Waals surface area contributed by atoms with E-state index in [1.165, 1.54) is 6.92 Å². The lowest BCUT2D eigenvalue weighted by Gasteiger charge is -2.44. The molecule has 11 nitrogen and oxygen atoms in total. The van der Waals surface area contributed by atoms with Crippen LogP contribution in [0.2, 0.25) is 0 Å². The second kappa shape index (κ2) is 11.1. The summed E-state index contributed by atoms with van der Waals surface area (Å²) in [6.45, 7) is 4.18. The predicted octanol–water partition coefficient (Wildman–Crippen LogP) is -0.379. The van der Waals surface area contributed by atoms with E-state index in [2.05, 4.69) is 5.32 Å². The normalized spacial score (nSPS) is 26.5. The van der Waals surface area contributed by atoms with E-state index in [0.29, 0.717) is 0 Å². The van der Waals surface area contributed by atoms with E-state index < -0.39 is 60.4 Å². The van der Waals surface area contributed by atoms with Crippen molar-refractivity contribution >= 4 is 52.4 Å². The SMILES string of the molecule is CC(=O)OCC1OC(OC(C)=O)C(NC(=O)CI)C(OC(C)=O)C1OC(C)=O. The number of carbonyl (C=O) groups excluding carboxylic acids is 5. The van der Waals surface area contributed by atoms with E-state index in [1.54, 1.807) is 0 Å². The fourth-order valence-corrected chi connectivity index (χ4v) is 2.76. The van der Waals surface area contributed by atoms with Crippen LogP contribution in [0, 0.1) is 0 Å². The number of halogens is 1. The summed E-state index contributed by atoms with van der Waals surface area (Å²) in [4.78, 5) is 57.8. The van der Waals surface area contributed by atoms with Gasteiger partial charge in [0.1, 0.15) is 18.8 Å². The molecule has 0 spiro atoms. The number of ether oxygens (including phenoxy) is 5. The first kappa shape index (κ1) is 24.1. The molecule has 1 fully saturated rings. The van der Waals surface area contributed by atoms with Crippen molar-refractivity contribution in [2.24, 2.45) is 0 Å². The molecule has 1 amide bonds. The highest BCUT2D eigenvalue weighted by Gasteiger charge is 2.52. The maximum atomic E-state index is 11.9. The number of carbonyl (C=O) groups is 5. The average molecular weight is 515 g/mol. The fourth-order valence-electron chi connectivity index (χ4n) is 2.54. The van der Waals surface area contributed by atoms with E-state index in [4.69, 9.17) is 23.7 Å². The minimum atomic E-state index is -1.37. The highest BCUT2D eigenvalue weighted by molar-refractivity contribution is 14.1. The molecule has 1 heterocycles. The van der Waals surface area contributed by atoms with Crippen molar-refractivity contribution in [3.63, 3.8) is 0 Å².